The normalized spacial score (nSPS) is 10.1. The fraction of sp³-hybridized carbons (Fsp3) is 0.200. The van der Waals surface area contributed by atoms with E-state index in [0.29, 0.717) is 5.03 Å². The van der Waals surface area contributed by atoms with E-state index in [4.69, 9.17) is 28.0 Å². The molecular weight excluding hydrogens is 303 g/mol. The third-order valence-electron chi connectivity index (χ3n) is 2.15. The maximum Gasteiger partial charge on any atom is 0.208 e. The van der Waals surface area contributed by atoms with Gasteiger partial charge in [-0.3, -0.25) is 4.79 Å². The van der Waals surface area contributed by atoms with Crippen LogP contribution in [-0.2, 0) is 4.79 Å². The molecule has 0 aliphatic rings. The van der Waals surface area contributed by atoms with Gasteiger partial charge >= 0.3 is 0 Å². The monoisotopic (exact) mass is 316 g/mol. The third kappa shape index (κ3) is 6.66. The molecule has 1 rings (SSSR count). The lowest BCUT2D eigenvalue weighted by Gasteiger charge is -2.05. The van der Waals surface area contributed by atoms with Crippen molar-refractivity contribution in [2.75, 3.05) is 0 Å². The average Bonchev–Trinajstić information content (AvgIpc) is 2.38. The van der Waals surface area contributed by atoms with E-state index in [1.807, 2.05) is 31.2 Å². The van der Waals surface area contributed by atoms with Crippen LogP contribution in [0.4, 0.5) is 0 Å². The third-order valence-corrected chi connectivity index (χ3v) is 2.87. The van der Waals surface area contributed by atoms with Gasteiger partial charge in [-0.15, -0.1) is 5.73 Å². The fourth-order valence-electron chi connectivity index (χ4n) is 1.45. The Kier molecular flexibility index (Phi) is 9.38. The first-order valence-electron chi connectivity index (χ1n) is 5.57. The Hall–Kier alpha value is -0.980. The lowest BCUT2D eigenvalue weighted by Crippen LogP contribution is -1.85. The maximum atomic E-state index is 8.57. The summed E-state index contributed by atoms with van der Waals surface area (Å²) in [5.41, 5.74) is 5.67. The van der Waals surface area contributed by atoms with Crippen molar-refractivity contribution in [2.24, 2.45) is 0 Å². The van der Waals surface area contributed by atoms with Crippen LogP contribution in [0.2, 0.25) is 0 Å². The zero-order chi connectivity index (χ0) is 14.8. The number of carbonyl (C=O) groups excluding carboxylic acids is 1. The molecule has 0 aromatic heterocycles. The maximum absolute atomic E-state index is 8.57. The van der Waals surface area contributed by atoms with Gasteiger partial charge in [-0.2, -0.15) is 0 Å². The quantitative estimate of drug-likeness (QED) is 0.393. The predicted octanol–water partition coefficient (Wildman–Crippen LogP) is 5.76. The molecule has 1 aromatic carbocycles. The second-order valence-corrected chi connectivity index (χ2v) is 4.59. The first kappa shape index (κ1) is 18.0. The number of allylic oxidation sites excluding steroid dienone is 1. The molecule has 0 unspecified atom stereocenters. The summed E-state index contributed by atoms with van der Waals surface area (Å²) in [4.78, 5) is 8.57. The van der Waals surface area contributed by atoms with Crippen molar-refractivity contribution >= 4 is 50.6 Å². The van der Waals surface area contributed by atoms with E-state index < -0.39 is 0 Å². The van der Waals surface area contributed by atoms with Crippen LogP contribution < -0.4 is 0 Å². The molecule has 0 saturated carbocycles. The van der Waals surface area contributed by atoms with Crippen molar-refractivity contribution in [2.45, 2.75) is 20.3 Å². The van der Waals surface area contributed by atoms with Crippen molar-refractivity contribution < 1.29 is 4.79 Å². The standard InChI is InChI=1S/C14H14Cl2.CHClO/c1-4-6-14(16)12-8-10(3)7-11(9-12)13(15)5-2;2-1-3/h6-9H,2,4H2,1,3H3;1H/b14-6+;. The van der Waals surface area contributed by atoms with Crippen molar-refractivity contribution in [3.05, 3.63) is 53.3 Å². The second kappa shape index (κ2) is 9.89. The molecule has 0 fully saturated rings. The summed E-state index contributed by atoms with van der Waals surface area (Å²) in [7, 11) is 0. The Labute approximate surface area is 129 Å². The van der Waals surface area contributed by atoms with Crippen LogP contribution in [0.5, 0.6) is 0 Å². The number of halogens is 3. The van der Waals surface area contributed by atoms with Gasteiger partial charge in [0.05, 0.1) is 5.03 Å². The summed E-state index contributed by atoms with van der Waals surface area (Å²) < 4.78 is 0. The molecule has 1 nitrogen and oxygen atoms in total. The number of carbonyl (C=O) groups is 1. The summed E-state index contributed by atoms with van der Waals surface area (Å²) >= 11 is 16.5. The summed E-state index contributed by atoms with van der Waals surface area (Å²) in [6.45, 7) is 7.60. The molecule has 0 bridgehead atoms. The van der Waals surface area contributed by atoms with E-state index in [9.17, 15) is 0 Å². The van der Waals surface area contributed by atoms with Crippen LogP contribution in [0.15, 0.2) is 36.6 Å². The first-order chi connectivity index (χ1) is 8.99. The van der Waals surface area contributed by atoms with Crippen LogP contribution in [-0.4, -0.2) is 5.75 Å². The molecule has 0 heterocycles. The second-order valence-electron chi connectivity index (χ2n) is 3.63. The lowest BCUT2D eigenvalue weighted by atomic mass is 10.1. The Morgan fingerprint density at radius 3 is 2.32 bits per heavy atom. The minimum atomic E-state index is 0.222. The Morgan fingerprint density at radius 1 is 1.32 bits per heavy atom. The minimum absolute atomic E-state index is 0.222. The molecule has 1 aromatic rings. The highest BCUT2D eigenvalue weighted by molar-refractivity contribution is 6.54. The van der Waals surface area contributed by atoms with Gasteiger partial charge < -0.3 is 0 Å². The zero-order valence-electron chi connectivity index (χ0n) is 10.8. The molecule has 0 spiro atoms. The molecule has 102 valence electrons. The van der Waals surface area contributed by atoms with E-state index in [-0.39, 0.29) is 5.75 Å². The van der Waals surface area contributed by atoms with Gasteiger partial charge in [0.25, 0.3) is 0 Å². The molecule has 0 radical (unpaired) electrons. The summed E-state index contributed by atoms with van der Waals surface area (Å²) in [6, 6.07) is 5.97. The molecule has 0 aliphatic heterocycles. The van der Waals surface area contributed by atoms with E-state index in [2.05, 4.69) is 30.8 Å². The number of aryl methyl sites for hydroxylation is 1. The highest BCUT2D eigenvalue weighted by atomic mass is 35.5. The topological polar surface area (TPSA) is 17.1 Å². The minimum Gasteiger partial charge on any atom is -0.285 e. The number of hydrogen-bond donors (Lipinski definition) is 0. The zero-order valence-corrected chi connectivity index (χ0v) is 13.1. The van der Waals surface area contributed by atoms with Gasteiger partial charge in [-0.1, -0.05) is 48.8 Å². The Balaban J connectivity index is 0.000000982. The molecule has 4 heteroatoms. The first-order valence-corrected chi connectivity index (χ1v) is 6.76. The van der Waals surface area contributed by atoms with E-state index in [1.54, 1.807) is 0 Å². The van der Waals surface area contributed by atoms with Crippen LogP contribution in [0, 0.1) is 6.92 Å². The van der Waals surface area contributed by atoms with Gasteiger partial charge in [0, 0.05) is 10.6 Å². The van der Waals surface area contributed by atoms with Crippen molar-refractivity contribution in [1.82, 2.24) is 0 Å². The highest BCUT2D eigenvalue weighted by Gasteiger charge is 2.04. The van der Waals surface area contributed by atoms with Gasteiger partial charge in [0.2, 0.25) is 5.75 Å². The largest absolute Gasteiger partial charge is 0.285 e. The van der Waals surface area contributed by atoms with Gasteiger partial charge in [0.1, 0.15) is 0 Å². The predicted molar refractivity (Wildman–Crippen MR) is 86.3 cm³/mol. The molecule has 0 N–H and O–H groups in total. The SMILES string of the molecule is C=C=C(Cl)c1cc(C)cc(/C(Cl)=C\CC)c1.O=CCl. The van der Waals surface area contributed by atoms with E-state index in [1.165, 1.54) is 0 Å². The summed E-state index contributed by atoms with van der Waals surface area (Å²) in [5.74, 6) is 0.222. The summed E-state index contributed by atoms with van der Waals surface area (Å²) in [6.07, 6.45) is 2.89. The lowest BCUT2D eigenvalue weighted by molar-refractivity contribution is 0.569. The van der Waals surface area contributed by atoms with Gasteiger partial charge in [0.15, 0.2) is 0 Å². The van der Waals surface area contributed by atoms with Gasteiger partial charge in [-0.25, -0.2) is 0 Å². The Bertz CT molecular complexity index is 512. The smallest absolute Gasteiger partial charge is 0.208 e. The Morgan fingerprint density at radius 2 is 1.84 bits per heavy atom. The van der Waals surface area contributed by atoms with Crippen LogP contribution in [0.1, 0.15) is 30.0 Å². The fourth-order valence-corrected chi connectivity index (χ4v) is 1.82. The van der Waals surface area contributed by atoms with Crippen molar-refractivity contribution in [3.8, 4) is 0 Å². The molecular formula is C15H15Cl3O. The van der Waals surface area contributed by atoms with Crippen LogP contribution in [0.3, 0.4) is 0 Å². The molecule has 0 amide bonds. The molecule has 19 heavy (non-hydrogen) atoms. The van der Waals surface area contributed by atoms with E-state index in [0.717, 1.165) is 28.1 Å². The number of hydrogen-bond acceptors (Lipinski definition) is 1. The van der Waals surface area contributed by atoms with Crippen LogP contribution >= 0.6 is 34.8 Å². The molecule has 0 saturated heterocycles. The van der Waals surface area contributed by atoms with Crippen molar-refractivity contribution in [1.29, 1.82) is 0 Å². The average molecular weight is 318 g/mol. The van der Waals surface area contributed by atoms with Gasteiger partial charge in [-0.05, 0) is 48.2 Å². The summed E-state index contributed by atoms with van der Waals surface area (Å²) in [5, 5.41) is 1.27. The van der Waals surface area contributed by atoms with Crippen LogP contribution in [0.25, 0.3) is 10.1 Å². The molecule has 0 aliphatic carbocycles. The number of benzene rings is 1. The number of rotatable bonds is 3. The molecule has 0 atom stereocenters. The highest BCUT2D eigenvalue weighted by Crippen LogP contribution is 2.26. The van der Waals surface area contributed by atoms with Crippen molar-refractivity contribution in [3.63, 3.8) is 0 Å². The van der Waals surface area contributed by atoms with E-state index >= 15 is 0 Å².